The first-order valence-electron chi connectivity index (χ1n) is 5.20. The van der Waals surface area contributed by atoms with Crippen molar-refractivity contribution in [2.75, 3.05) is 12.3 Å². The van der Waals surface area contributed by atoms with E-state index in [1.807, 2.05) is 30.3 Å². The number of nitrogen functional groups attached to an aromatic ring is 1. The lowest BCUT2D eigenvalue weighted by atomic mass is 10.3. The summed E-state index contributed by atoms with van der Waals surface area (Å²) in [7, 11) is 0. The highest BCUT2D eigenvalue weighted by Crippen LogP contribution is 2.23. The molecule has 0 aliphatic heterocycles. The van der Waals surface area contributed by atoms with Gasteiger partial charge in [-0.15, -0.1) is 5.11 Å². The number of rotatable bonds is 4. The van der Waals surface area contributed by atoms with Gasteiger partial charge in [-0.3, -0.25) is 0 Å². The fourth-order valence-corrected chi connectivity index (χ4v) is 1.34. The maximum atomic E-state index is 8.79. The Morgan fingerprint density at radius 2 is 2.00 bits per heavy atom. The van der Waals surface area contributed by atoms with E-state index in [9.17, 15) is 0 Å². The summed E-state index contributed by atoms with van der Waals surface area (Å²) in [6.45, 7) is 0.341. The van der Waals surface area contributed by atoms with Gasteiger partial charge < -0.3 is 10.8 Å². The van der Waals surface area contributed by atoms with Crippen molar-refractivity contribution < 1.29 is 5.11 Å². The molecule has 0 bridgehead atoms. The van der Waals surface area contributed by atoms with Crippen molar-refractivity contribution in [2.24, 2.45) is 10.2 Å². The zero-order valence-electron chi connectivity index (χ0n) is 9.19. The molecule has 2 aromatic rings. The number of azo groups is 1. The zero-order valence-corrected chi connectivity index (χ0v) is 9.19. The van der Waals surface area contributed by atoms with Crippen molar-refractivity contribution in [3.05, 3.63) is 36.5 Å². The van der Waals surface area contributed by atoms with Crippen molar-refractivity contribution in [1.82, 2.24) is 9.78 Å². The fraction of sp³-hybridized carbons (Fsp3) is 0.182. The zero-order chi connectivity index (χ0) is 12.1. The number of aromatic nitrogens is 2. The molecule has 0 radical (unpaired) electrons. The van der Waals surface area contributed by atoms with Crippen molar-refractivity contribution in [3.8, 4) is 0 Å². The Morgan fingerprint density at radius 3 is 2.71 bits per heavy atom. The van der Waals surface area contributed by atoms with Crippen LogP contribution in [0.25, 0.3) is 0 Å². The number of hydrogen-bond donors (Lipinski definition) is 2. The summed E-state index contributed by atoms with van der Waals surface area (Å²) in [6, 6.07) is 9.36. The van der Waals surface area contributed by atoms with E-state index in [0.29, 0.717) is 18.1 Å². The third-order valence-electron chi connectivity index (χ3n) is 2.20. The minimum Gasteiger partial charge on any atom is -0.394 e. The van der Waals surface area contributed by atoms with Gasteiger partial charge in [0.15, 0.2) is 0 Å². The molecule has 3 N–H and O–H groups in total. The Hall–Kier alpha value is -2.21. The average molecular weight is 231 g/mol. The molecule has 0 atom stereocenters. The van der Waals surface area contributed by atoms with E-state index in [4.69, 9.17) is 10.8 Å². The number of anilines is 1. The molecule has 0 saturated heterocycles. The highest BCUT2D eigenvalue weighted by Gasteiger charge is 2.05. The summed E-state index contributed by atoms with van der Waals surface area (Å²) in [5, 5.41) is 20.8. The van der Waals surface area contributed by atoms with E-state index in [1.165, 1.54) is 10.9 Å². The summed E-state index contributed by atoms with van der Waals surface area (Å²) in [4.78, 5) is 0. The monoisotopic (exact) mass is 231 g/mol. The van der Waals surface area contributed by atoms with Gasteiger partial charge in [0.2, 0.25) is 0 Å². The molecule has 0 amide bonds. The molecule has 1 aromatic heterocycles. The Morgan fingerprint density at radius 1 is 1.24 bits per heavy atom. The summed E-state index contributed by atoms with van der Waals surface area (Å²) < 4.78 is 1.49. The van der Waals surface area contributed by atoms with Gasteiger partial charge >= 0.3 is 0 Å². The second kappa shape index (κ2) is 5.22. The van der Waals surface area contributed by atoms with Gasteiger partial charge in [0, 0.05) is 0 Å². The van der Waals surface area contributed by atoms with Crippen LogP contribution >= 0.6 is 0 Å². The molecule has 0 aliphatic carbocycles. The van der Waals surface area contributed by atoms with Crippen LogP contribution in [0.5, 0.6) is 0 Å². The first kappa shape index (κ1) is 11.3. The van der Waals surface area contributed by atoms with E-state index in [-0.39, 0.29) is 6.61 Å². The van der Waals surface area contributed by atoms with Crippen LogP contribution in [0.4, 0.5) is 17.2 Å². The molecule has 6 nitrogen and oxygen atoms in total. The first-order valence-corrected chi connectivity index (χ1v) is 5.20. The van der Waals surface area contributed by atoms with E-state index in [1.54, 1.807) is 0 Å². The minimum absolute atomic E-state index is 0.0127. The summed E-state index contributed by atoms with van der Waals surface area (Å²) in [5.74, 6) is 0.402. The lowest BCUT2D eigenvalue weighted by molar-refractivity contribution is 0.270. The molecule has 0 fully saturated rings. The van der Waals surface area contributed by atoms with Gasteiger partial charge in [-0.1, -0.05) is 18.2 Å². The number of hydrogen-bond acceptors (Lipinski definition) is 5. The molecule has 0 aliphatic rings. The number of aliphatic hydroxyl groups is 1. The SMILES string of the molecule is Nc1c(N=Nc2ccccc2)cnn1CCO. The maximum absolute atomic E-state index is 8.79. The third kappa shape index (κ3) is 2.67. The average Bonchev–Trinajstić information content (AvgIpc) is 2.70. The van der Waals surface area contributed by atoms with Crippen LogP contribution in [-0.2, 0) is 6.54 Å². The van der Waals surface area contributed by atoms with Gasteiger partial charge in [0.05, 0.1) is 25.0 Å². The van der Waals surface area contributed by atoms with Gasteiger partial charge in [-0.05, 0) is 12.1 Å². The van der Waals surface area contributed by atoms with Crippen LogP contribution in [0.15, 0.2) is 46.8 Å². The van der Waals surface area contributed by atoms with Crippen LogP contribution in [0.3, 0.4) is 0 Å². The Labute approximate surface area is 98.4 Å². The number of nitrogens with two attached hydrogens (primary N) is 1. The largest absolute Gasteiger partial charge is 0.394 e. The summed E-state index contributed by atoms with van der Waals surface area (Å²) >= 11 is 0. The van der Waals surface area contributed by atoms with Crippen molar-refractivity contribution in [1.29, 1.82) is 0 Å². The Kier molecular flexibility index (Phi) is 3.46. The highest BCUT2D eigenvalue weighted by molar-refractivity contribution is 5.56. The number of aliphatic hydroxyl groups excluding tert-OH is 1. The van der Waals surface area contributed by atoms with Crippen LogP contribution < -0.4 is 5.73 Å². The molecule has 1 aromatic carbocycles. The van der Waals surface area contributed by atoms with E-state index >= 15 is 0 Å². The quantitative estimate of drug-likeness (QED) is 0.787. The standard InChI is InChI=1S/C11H13N5O/c12-11-10(8-13-16(11)6-7-17)15-14-9-4-2-1-3-5-9/h1-5,8,17H,6-7,12H2. The highest BCUT2D eigenvalue weighted by atomic mass is 16.3. The molecule has 0 spiro atoms. The number of benzene rings is 1. The molecule has 0 unspecified atom stereocenters. The molecule has 6 heteroatoms. The normalized spacial score (nSPS) is 11.1. The summed E-state index contributed by atoms with van der Waals surface area (Å²) in [5.41, 5.74) is 7.04. The van der Waals surface area contributed by atoms with E-state index in [2.05, 4.69) is 15.3 Å². The predicted octanol–water partition coefficient (Wildman–Crippen LogP) is 1.87. The predicted molar refractivity (Wildman–Crippen MR) is 64.3 cm³/mol. The molecule has 2 rings (SSSR count). The molecule has 0 saturated carbocycles. The third-order valence-corrected chi connectivity index (χ3v) is 2.20. The van der Waals surface area contributed by atoms with Gasteiger partial charge in [0.1, 0.15) is 11.5 Å². The van der Waals surface area contributed by atoms with Gasteiger partial charge in [-0.2, -0.15) is 10.2 Å². The Bertz CT molecular complexity index is 506. The maximum Gasteiger partial charge on any atom is 0.149 e. The second-order valence-electron chi connectivity index (χ2n) is 3.40. The molecule has 1 heterocycles. The van der Waals surface area contributed by atoms with E-state index < -0.39 is 0 Å². The van der Waals surface area contributed by atoms with E-state index in [0.717, 1.165) is 5.69 Å². The minimum atomic E-state index is -0.0127. The van der Waals surface area contributed by atoms with Gasteiger partial charge in [-0.25, -0.2) is 4.68 Å². The van der Waals surface area contributed by atoms with Crippen LogP contribution in [-0.4, -0.2) is 21.5 Å². The van der Waals surface area contributed by atoms with Crippen LogP contribution in [0, 0.1) is 0 Å². The summed E-state index contributed by atoms with van der Waals surface area (Å²) in [6.07, 6.45) is 1.53. The smallest absolute Gasteiger partial charge is 0.149 e. The Balaban J connectivity index is 2.16. The molecular formula is C11H13N5O. The lowest BCUT2D eigenvalue weighted by Gasteiger charge is -1.99. The number of nitrogens with zero attached hydrogens (tertiary/aromatic N) is 4. The van der Waals surface area contributed by atoms with Crippen molar-refractivity contribution >= 4 is 17.2 Å². The first-order chi connectivity index (χ1) is 8.31. The van der Waals surface area contributed by atoms with Crippen LogP contribution in [0.1, 0.15) is 0 Å². The van der Waals surface area contributed by atoms with Crippen molar-refractivity contribution in [3.63, 3.8) is 0 Å². The molecule has 17 heavy (non-hydrogen) atoms. The van der Waals surface area contributed by atoms with Gasteiger partial charge in [0.25, 0.3) is 0 Å². The topological polar surface area (TPSA) is 88.8 Å². The second-order valence-corrected chi connectivity index (χ2v) is 3.40. The van der Waals surface area contributed by atoms with Crippen molar-refractivity contribution in [2.45, 2.75) is 6.54 Å². The fourth-order valence-electron chi connectivity index (χ4n) is 1.34. The van der Waals surface area contributed by atoms with Crippen LogP contribution in [0.2, 0.25) is 0 Å². The molecular weight excluding hydrogens is 218 g/mol. The molecule has 88 valence electrons. The lowest BCUT2D eigenvalue weighted by Crippen LogP contribution is -2.07.